The van der Waals surface area contributed by atoms with E-state index in [2.05, 4.69) is 15.6 Å². The van der Waals surface area contributed by atoms with Gasteiger partial charge in [0.2, 0.25) is 0 Å². The molecule has 0 fully saturated rings. The second kappa shape index (κ2) is 9.06. The lowest BCUT2D eigenvalue weighted by molar-refractivity contribution is -0.116. The fourth-order valence-electron chi connectivity index (χ4n) is 4.93. The van der Waals surface area contributed by atoms with Gasteiger partial charge in [0.15, 0.2) is 5.78 Å². The molecule has 34 heavy (non-hydrogen) atoms. The maximum Gasteiger partial charge on any atom is 0.254 e. The number of pyridine rings is 1. The number of nitrogens with zero attached hydrogens (tertiary/aromatic N) is 1. The molecule has 0 saturated carbocycles. The second-order valence-electron chi connectivity index (χ2n) is 8.65. The predicted molar refractivity (Wildman–Crippen MR) is 128 cm³/mol. The van der Waals surface area contributed by atoms with Gasteiger partial charge in [0.05, 0.1) is 5.69 Å². The van der Waals surface area contributed by atoms with Crippen molar-refractivity contribution < 1.29 is 14.0 Å². The number of rotatable bonds is 4. The van der Waals surface area contributed by atoms with Crippen LogP contribution in [0.3, 0.4) is 0 Å². The van der Waals surface area contributed by atoms with E-state index in [9.17, 15) is 14.0 Å². The first-order valence-electron chi connectivity index (χ1n) is 11.3. The molecule has 0 saturated heterocycles. The highest BCUT2D eigenvalue weighted by atomic mass is 19.1. The number of hydrogen-bond acceptors (Lipinski definition) is 4. The summed E-state index contributed by atoms with van der Waals surface area (Å²) in [5, 5.41) is 6.03. The summed E-state index contributed by atoms with van der Waals surface area (Å²) in [5.41, 5.74) is 4.41. The summed E-state index contributed by atoms with van der Waals surface area (Å²) in [6.45, 7) is 1.82. The van der Waals surface area contributed by atoms with Gasteiger partial charge in [-0.15, -0.1) is 0 Å². The summed E-state index contributed by atoms with van der Waals surface area (Å²) >= 11 is 0. The highest BCUT2D eigenvalue weighted by Gasteiger charge is 2.41. The van der Waals surface area contributed by atoms with E-state index in [0.29, 0.717) is 29.7 Å². The molecule has 2 atom stereocenters. The number of ketones is 1. The predicted octanol–water partition coefficient (Wildman–Crippen LogP) is 5.22. The molecule has 2 aromatic carbocycles. The summed E-state index contributed by atoms with van der Waals surface area (Å²) in [5.74, 6) is -1.49. The number of Topliss-reactive ketones (excluding diaryl/α,β-unsaturated/α-hetero) is 1. The van der Waals surface area contributed by atoms with E-state index in [1.54, 1.807) is 30.6 Å². The lowest BCUT2D eigenvalue weighted by atomic mass is 9.72. The number of aromatic nitrogens is 1. The molecular formula is C28H24FN3O2. The number of carbonyl (C=O) groups is 2. The molecule has 5 rings (SSSR count). The van der Waals surface area contributed by atoms with Gasteiger partial charge in [-0.1, -0.05) is 48.5 Å². The quantitative estimate of drug-likeness (QED) is 0.568. The molecule has 3 aromatic rings. The molecule has 2 heterocycles. The Morgan fingerprint density at radius 3 is 2.47 bits per heavy atom. The second-order valence-corrected chi connectivity index (χ2v) is 8.65. The third-order valence-electron chi connectivity index (χ3n) is 6.48. The van der Waals surface area contributed by atoms with E-state index < -0.39 is 17.6 Å². The molecule has 170 valence electrons. The number of anilines is 1. The summed E-state index contributed by atoms with van der Waals surface area (Å²) in [6, 6.07) is 19.7. The Labute approximate surface area is 197 Å². The van der Waals surface area contributed by atoms with Crippen molar-refractivity contribution in [3.8, 4) is 0 Å². The van der Waals surface area contributed by atoms with Crippen molar-refractivity contribution in [2.45, 2.75) is 31.6 Å². The SMILES string of the molecule is CC1=C(C(=O)Nc2ccccc2F)C(c2cccnc2)C2=C(CC(c3ccccc3)CC2=O)N1. The van der Waals surface area contributed by atoms with E-state index >= 15 is 0 Å². The summed E-state index contributed by atoms with van der Waals surface area (Å²) in [4.78, 5) is 31.2. The van der Waals surface area contributed by atoms with Gasteiger partial charge < -0.3 is 10.6 Å². The normalized spacial score (nSPS) is 20.0. The monoisotopic (exact) mass is 453 g/mol. The van der Waals surface area contributed by atoms with Gasteiger partial charge in [-0.2, -0.15) is 0 Å². The number of dihydropyridines is 1. The zero-order chi connectivity index (χ0) is 23.7. The number of benzene rings is 2. The molecule has 0 radical (unpaired) electrons. The fourth-order valence-corrected chi connectivity index (χ4v) is 4.93. The van der Waals surface area contributed by atoms with Crippen LogP contribution in [-0.2, 0) is 9.59 Å². The maximum atomic E-state index is 14.2. The number of amides is 1. The first-order chi connectivity index (χ1) is 16.5. The molecule has 1 aliphatic carbocycles. The highest BCUT2D eigenvalue weighted by Crippen LogP contribution is 2.45. The largest absolute Gasteiger partial charge is 0.362 e. The maximum absolute atomic E-state index is 14.2. The van der Waals surface area contributed by atoms with Crippen LogP contribution in [0.1, 0.15) is 42.7 Å². The number of carbonyl (C=O) groups excluding carboxylic acids is 2. The van der Waals surface area contributed by atoms with Crippen LogP contribution in [0, 0.1) is 5.82 Å². The number of nitrogens with one attached hydrogen (secondary N) is 2. The fraction of sp³-hybridized carbons (Fsp3) is 0.179. The first-order valence-corrected chi connectivity index (χ1v) is 11.3. The topological polar surface area (TPSA) is 71.1 Å². The number of allylic oxidation sites excluding steroid dienone is 3. The van der Waals surface area contributed by atoms with Crippen molar-refractivity contribution in [2.75, 3.05) is 5.32 Å². The van der Waals surface area contributed by atoms with Gasteiger partial charge >= 0.3 is 0 Å². The number of halogens is 1. The molecule has 2 aliphatic rings. The van der Waals surface area contributed by atoms with Crippen LogP contribution >= 0.6 is 0 Å². The number of hydrogen-bond donors (Lipinski definition) is 2. The van der Waals surface area contributed by atoms with E-state index in [1.165, 1.54) is 12.1 Å². The Morgan fingerprint density at radius 1 is 1.00 bits per heavy atom. The Bertz CT molecular complexity index is 1320. The minimum absolute atomic E-state index is 0.000137. The lowest BCUT2D eigenvalue weighted by Gasteiger charge is -2.37. The average molecular weight is 454 g/mol. The van der Waals surface area contributed by atoms with Crippen molar-refractivity contribution in [3.05, 3.63) is 119 Å². The zero-order valence-corrected chi connectivity index (χ0v) is 18.7. The summed E-state index contributed by atoms with van der Waals surface area (Å²) in [6.07, 6.45) is 4.37. The summed E-state index contributed by atoms with van der Waals surface area (Å²) < 4.78 is 14.2. The third-order valence-corrected chi connectivity index (χ3v) is 6.48. The highest BCUT2D eigenvalue weighted by molar-refractivity contribution is 6.10. The molecule has 0 bridgehead atoms. The van der Waals surface area contributed by atoms with Crippen LogP contribution in [0.15, 0.2) is 102 Å². The Kier molecular flexibility index (Phi) is 5.80. The van der Waals surface area contributed by atoms with Gasteiger partial charge in [0.1, 0.15) is 5.82 Å². The first kappa shape index (κ1) is 21.8. The van der Waals surface area contributed by atoms with Crippen LogP contribution in [-0.4, -0.2) is 16.7 Å². The molecule has 1 amide bonds. The van der Waals surface area contributed by atoms with Crippen LogP contribution in [0.25, 0.3) is 0 Å². The van der Waals surface area contributed by atoms with Crippen LogP contribution < -0.4 is 10.6 Å². The average Bonchev–Trinajstić information content (AvgIpc) is 2.85. The van der Waals surface area contributed by atoms with Crippen molar-refractivity contribution >= 4 is 17.4 Å². The van der Waals surface area contributed by atoms with E-state index in [4.69, 9.17) is 0 Å². The van der Waals surface area contributed by atoms with Crippen molar-refractivity contribution in [2.24, 2.45) is 0 Å². The minimum Gasteiger partial charge on any atom is -0.362 e. The molecule has 5 nitrogen and oxygen atoms in total. The van der Waals surface area contributed by atoms with Gasteiger partial charge in [-0.25, -0.2) is 4.39 Å². The molecule has 1 aromatic heterocycles. The van der Waals surface area contributed by atoms with Gasteiger partial charge in [0, 0.05) is 47.3 Å². The van der Waals surface area contributed by atoms with E-state index in [1.807, 2.05) is 43.3 Å². The van der Waals surface area contributed by atoms with Crippen molar-refractivity contribution in [3.63, 3.8) is 0 Å². The van der Waals surface area contributed by atoms with Gasteiger partial charge in [-0.05, 0) is 48.6 Å². The zero-order valence-electron chi connectivity index (χ0n) is 18.7. The standard InChI is InChI=1S/C28H24FN3O2/c1-17-25(28(34)32-22-12-6-5-11-21(22)29)26(19-10-7-13-30-16-19)27-23(31-17)14-20(15-24(27)33)18-8-3-2-4-9-18/h2-13,16,20,26,31H,14-15H2,1H3,(H,32,34). The molecule has 6 heteroatoms. The molecular weight excluding hydrogens is 429 g/mol. The van der Waals surface area contributed by atoms with Crippen LogP contribution in [0.2, 0.25) is 0 Å². The smallest absolute Gasteiger partial charge is 0.254 e. The lowest BCUT2D eigenvalue weighted by Crippen LogP contribution is -2.37. The molecule has 2 unspecified atom stereocenters. The Hall–Kier alpha value is -4.06. The minimum atomic E-state index is -0.582. The number of para-hydroxylation sites is 1. The third kappa shape index (κ3) is 4.03. The van der Waals surface area contributed by atoms with Crippen molar-refractivity contribution in [1.82, 2.24) is 10.3 Å². The molecule has 1 aliphatic heterocycles. The van der Waals surface area contributed by atoms with E-state index in [0.717, 1.165) is 16.8 Å². The van der Waals surface area contributed by atoms with E-state index in [-0.39, 0.29) is 17.4 Å². The van der Waals surface area contributed by atoms with Gasteiger partial charge in [0.25, 0.3) is 5.91 Å². The summed E-state index contributed by atoms with van der Waals surface area (Å²) in [7, 11) is 0. The van der Waals surface area contributed by atoms with Crippen LogP contribution in [0.4, 0.5) is 10.1 Å². The molecule has 2 N–H and O–H groups in total. The Balaban J connectivity index is 1.56. The van der Waals surface area contributed by atoms with Crippen LogP contribution in [0.5, 0.6) is 0 Å². The van der Waals surface area contributed by atoms with Crippen molar-refractivity contribution in [1.29, 1.82) is 0 Å². The van der Waals surface area contributed by atoms with Gasteiger partial charge in [-0.3, -0.25) is 14.6 Å². The Morgan fingerprint density at radius 2 is 1.74 bits per heavy atom. The molecule has 0 spiro atoms.